The van der Waals surface area contributed by atoms with Gasteiger partial charge in [-0.1, -0.05) is 17.7 Å². The van der Waals surface area contributed by atoms with Gasteiger partial charge >= 0.3 is 6.09 Å². The highest BCUT2D eigenvalue weighted by atomic mass is 35.5. The van der Waals surface area contributed by atoms with E-state index in [0.717, 1.165) is 12.8 Å². The zero-order chi connectivity index (χ0) is 18.8. The average Bonchev–Trinajstić information content (AvgIpc) is 3.28. The summed E-state index contributed by atoms with van der Waals surface area (Å²) in [5.41, 5.74) is -0.363. The lowest BCUT2D eigenvalue weighted by Crippen LogP contribution is -2.48. The minimum absolute atomic E-state index is 0.0473. The molecule has 1 aromatic carbocycles. The molecule has 25 heavy (non-hydrogen) atoms. The molecule has 138 valence electrons. The Balaban J connectivity index is 2.07. The summed E-state index contributed by atoms with van der Waals surface area (Å²) in [4.78, 5) is 26.2. The van der Waals surface area contributed by atoms with Crippen molar-refractivity contribution in [1.82, 2.24) is 10.2 Å². The highest BCUT2D eigenvalue weighted by Gasteiger charge is 2.36. The van der Waals surface area contributed by atoms with Crippen molar-refractivity contribution in [2.24, 2.45) is 0 Å². The quantitative estimate of drug-likeness (QED) is 0.855. The number of alkyl carbamates (subject to hydrolysis) is 1. The number of ether oxygens (including phenoxy) is 1. The van der Waals surface area contributed by atoms with E-state index in [1.807, 2.05) is 0 Å². The second kappa shape index (κ2) is 7.60. The molecule has 0 aliphatic heterocycles. The number of carbonyl (C=O) groups excluding carboxylic acids is 2. The molecule has 5 nitrogen and oxygen atoms in total. The van der Waals surface area contributed by atoms with E-state index in [2.05, 4.69) is 5.32 Å². The standard InChI is InChI=1S/C18H24ClFN2O3/c1-11(21-17(24)25-18(2,3)4)16(23)22(12-8-9-12)10-13-14(19)6-5-7-15(13)20/h5-7,11-12H,8-10H2,1-4H3,(H,21,24)/t11-/m0/s1. The number of rotatable bonds is 5. The predicted molar refractivity (Wildman–Crippen MR) is 93.8 cm³/mol. The normalized spacial score (nSPS) is 15.4. The molecule has 0 aromatic heterocycles. The van der Waals surface area contributed by atoms with Gasteiger partial charge in [-0.25, -0.2) is 9.18 Å². The molecule has 1 aliphatic rings. The Kier molecular flexibility index (Phi) is 5.93. The van der Waals surface area contributed by atoms with E-state index < -0.39 is 23.6 Å². The van der Waals surface area contributed by atoms with Gasteiger partial charge in [0.05, 0.1) is 6.54 Å². The van der Waals surface area contributed by atoms with Crippen LogP contribution in [0.25, 0.3) is 0 Å². The van der Waals surface area contributed by atoms with Crippen LogP contribution in [0, 0.1) is 5.82 Å². The van der Waals surface area contributed by atoms with Crippen LogP contribution in [0.5, 0.6) is 0 Å². The molecule has 1 aliphatic carbocycles. The first kappa shape index (κ1) is 19.5. The van der Waals surface area contributed by atoms with E-state index in [1.165, 1.54) is 12.1 Å². The Morgan fingerprint density at radius 1 is 1.40 bits per heavy atom. The van der Waals surface area contributed by atoms with Crippen LogP contribution < -0.4 is 5.32 Å². The van der Waals surface area contributed by atoms with Gasteiger partial charge in [0.1, 0.15) is 17.5 Å². The zero-order valence-electron chi connectivity index (χ0n) is 14.9. The summed E-state index contributed by atoms with van der Waals surface area (Å²) in [5, 5.41) is 2.82. The molecular formula is C18H24ClFN2O3. The van der Waals surface area contributed by atoms with E-state index in [-0.39, 0.29) is 29.1 Å². The van der Waals surface area contributed by atoms with E-state index in [9.17, 15) is 14.0 Å². The monoisotopic (exact) mass is 370 g/mol. The van der Waals surface area contributed by atoms with Gasteiger partial charge in [0.15, 0.2) is 0 Å². The van der Waals surface area contributed by atoms with Crippen molar-refractivity contribution in [1.29, 1.82) is 0 Å². The number of nitrogens with zero attached hydrogens (tertiary/aromatic N) is 1. The lowest BCUT2D eigenvalue weighted by atomic mass is 10.1. The van der Waals surface area contributed by atoms with Crippen LogP contribution in [0.4, 0.5) is 9.18 Å². The summed E-state index contributed by atoms with van der Waals surface area (Å²) in [6, 6.07) is 3.71. The molecular weight excluding hydrogens is 347 g/mol. The molecule has 0 saturated heterocycles. The number of amides is 2. The molecule has 7 heteroatoms. The number of halogens is 2. The summed E-state index contributed by atoms with van der Waals surface area (Å²) in [7, 11) is 0. The Hall–Kier alpha value is -1.82. The van der Waals surface area contributed by atoms with Crippen LogP contribution in [0.1, 0.15) is 46.1 Å². The molecule has 1 atom stereocenters. The van der Waals surface area contributed by atoms with Crippen molar-refractivity contribution in [2.75, 3.05) is 0 Å². The van der Waals surface area contributed by atoms with Crippen LogP contribution >= 0.6 is 11.6 Å². The first-order chi connectivity index (χ1) is 11.6. The summed E-state index contributed by atoms with van der Waals surface area (Å²) >= 11 is 6.07. The average molecular weight is 371 g/mol. The fraction of sp³-hybridized carbons (Fsp3) is 0.556. The van der Waals surface area contributed by atoms with Crippen molar-refractivity contribution in [3.8, 4) is 0 Å². The number of nitrogens with one attached hydrogen (secondary N) is 1. The van der Waals surface area contributed by atoms with E-state index >= 15 is 0 Å². The maximum absolute atomic E-state index is 14.0. The largest absolute Gasteiger partial charge is 0.444 e. The van der Waals surface area contributed by atoms with Crippen molar-refractivity contribution in [2.45, 2.75) is 64.8 Å². The third-order valence-corrected chi connectivity index (χ3v) is 4.12. The summed E-state index contributed by atoms with van der Waals surface area (Å²) in [6.45, 7) is 6.90. The Morgan fingerprint density at radius 2 is 2.04 bits per heavy atom. The summed E-state index contributed by atoms with van der Waals surface area (Å²) in [5.74, 6) is -0.730. The molecule has 1 aromatic rings. The Labute approximate surface area is 152 Å². The van der Waals surface area contributed by atoms with Gasteiger partial charge in [0.2, 0.25) is 5.91 Å². The molecule has 0 unspecified atom stereocenters. The zero-order valence-corrected chi connectivity index (χ0v) is 15.7. The van der Waals surface area contributed by atoms with Gasteiger partial charge in [-0.2, -0.15) is 0 Å². The summed E-state index contributed by atoms with van der Waals surface area (Å²) in [6.07, 6.45) is 1.06. The van der Waals surface area contributed by atoms with Crippen LogP contribution in [-0.2, 0) is 16.1 Å². The number of benzene rings is 1. The molecule has 1 fully saturated rings. The highest BCUT2D eigenvalue weighted by molar-refractivity contribution is 6.31. The van der Waals surface area contributed by atoms with E-state index in [4.69, 9.17) is 16.3 Å². The van der Waals surface area contributed by atoms with Gasteiger partial charge in [0, 0.05) is 16.6 Å². The van der Waals surface area contributed by atoms with E-state index in [1.54, 1.807) is 38.7 Å². The van der Waals surface area contributed by atoms with Crippen molar-refractivity contribution in [3.63, 3.8) is 0 Å². The number of hydrogen-bond donors (Lipinski definition) is 1. The molecule has 0 heterocycles. The molecule has 0 radical (unpaired) electrons. The van der Waals surface area contributed by atoms with Crippen LogP contribution in [-0.4, -0.2) is 34.6 Å². The lowest BCUT2D eigenvalue weighted by molar-refractivity contribution is -0.134. The third-order valence-electron chi connectivity index (χ3n) is 3.76. The van der Waals surface area contributed by atoms with Gasteiger partial charge in [-0.3, -0.25) is 4.79 Å². The van der Waals surface area contributed by atoms with Gasteiger partial charge in [0.25, 0.3) is 0 Å². The third kappa shape index (κ3) is 5.59. The van der Waals surface area contributed by atoms with Crippen LogP contribution in [0.2, 0.25) is 5.02 Å². The molecule has 2 rings (SSSR count). The van der Waals surface area contributed by atoms with Gasteiger partial charge in [-0.15, -0.1) is 0 Å². The SMILES string of the molecule is C[C@H](NC(=O)OC(C)(C)C)C(=O)N(Cc1c(F)cccc1Cl)C1CC1. The van der Waals surface area contributed by atoms with Gasteiger partial charge < -0.3 is 15.0 Å². The molecule has 0 bridgehead atoms. The summed E-state index contributed by atoms with van der Waals surface area (Å²) < 4.78 is 19.2. The maximum atomic E-state index is 14.0. The number of carbonyl (C=O) groups is 2. The van der Waals surface area contributed by atoms with Crippen LogP contribution in [0.15, 0.2) is 18.2 Å². The fourth-order valence-corrected chi connectivity index (χ4v) is 2.64. The van der Waals surface area contributed by atoms with Crippen molar-refractivity contribution in [3.05, 3.63) is 34.6 Å². The van der Waals surface area contributed by atoms with Crippen molar-refractivity contribution >= 4 is 23.6 Å². The van der Waals surface area contributed by atoms with Crippen molar-refractivity contribution < 1.29 is 18.7 Å². The first-order valence-electron chi connectivity index (χ1n) is 8.31. The highest BCUT2D eigenvalue weighted by Crippen LogP contribution is 2.31. The van der Waals surface area contributed by atoms with Gasteiger partial charge in [-0.05, 0) is 52.7 Å². The first-order valence-corrected chi connectivity index (χ1v) is 8.69. The molecule has 0 spiro atoms. The molecule has 2 amide bonds. The number of hydrogen-bond acceptors (Lipinski definition) is 3. The van der Waals surface area contributed by atoms with Crippen LogP contribution in [0.3, 0.4) is 0 Å². The molecule has 1 saturated carbocycles. The van der Waals surface area contributed by atoms with E-state index in [0.29, 0.717) is 0 Å². The minimum Gasteiger partial charge on any atom is -0.444 e. The second-order valence-electron chi connectivity index (χ2n) is 7.27. The minimum atomic E-state index is -0.777. The maximum Gasteiger partial charge on any atom is 0.408 e. The lowest BCUT2D eigenvalue weighted by Gasteiger charge is -2.27. The molecule has 1 N–H and O–H groups in total. The Bertz CT molecular complexity index is 636. The topological polar surface area (TPSA) is 58.6 Å². The Morgan fingerprint density at radius 3 is 2.56 bits per heavy atom. The fourth-order valence-electron chi connectivity index (χ4n) is 2.42. The smallest absolute Gasteiger partial charge is 0.408 e. The predicted octanol–water partition coefficient (Wildman–Crippen LogP) is 3.88. The second-order valence-corrected chi connectivity index (χ2v) is 7.67.